The van der Waals surface area contributed by atoms with E-state index < -0.39 is 11.9 Å². The maximum absolute atomic E-state index is 12.5. The van der Waals surface area contributed by atoms with Crippen LogP contribution in [0, 0.1) is 0 Å². The largest absolute Gasteiger partial charge is 0.493 e. The molecule has 1 heterocycles. The predicted octanol–water partition coefficient (Wildman–Crippen LogP) is 0.604. The zero-order valence-corrected chi connectivity index (χ0v) is 12.8. The smallest absolute Gasteiger partial charge is 0.308 e. The number of hydrogen-bond donors (Lipinski definition) is 1. The molecule has 122 valence electrons. The van der Waals surface area contributed by atoms with Crippen LogP contribution in [0.5, 0.6) is 11.5 Å². The molecule has 1 N–H and O–H groups in total. The molecule has 1 aliphatic rings. The van der Waals surface area contributed by atoms with E-state index in [2.05, 4.69) is 5.32 Å². The lowest BCUT2D eigenvalue weighted by atomic mass is 10.1. The number of benzene rings is 1. The monoisotopic (exact) mass is 320 g/mol. The van der Waals surface area contributed by atoms with Crippen LogP contribution in [-0.2, 0) is 14.4 Å². The molecule has 0 aromatic heterocycles. The Morgan fingerprint density at radius 2 is 2.04 bits per heavy atom. The summed E-state index contributed by atoms with van der Waals surface area (Å²) in [4.78, 5) is 47.2. The quantitative estimate of drug-likeness (QED) is 0.484. The fraction of sp³-hybridized carbons (Fsp3) is 0.333. The van der Waals surface area contributed by atoms with Gasteiger partial charge in [-0.2, -0.15) is 0 Å². The third-order valence-electron chi connectivity index (χ3n) is 3.32. The van der Waals surface area contributed by atoms with Gasteiger partial charge < -0.3 is 19.7 Å². The minimum absolute atomic E-state index is 0.0215. The normalized spacial score (nSPS) is 13.7. The van der Waals surface area contributed by atoms with Gasteiger partial charge in [-0.1, -0.05) is 0 Å². The number of methoxy groups -OCH3 is 1. The van der Waals surface area contributed by atoms with Gasteiger partial charge >= 0.3 is 5.97 Å². The zero-order valence-electron chi connectivity index (χ0n) is 12.8. The number of likely N-dealkylation sites (tertiary alicyclic amines) is 1. The minimum atomic E-state index is -0.565. The first-order valence-electron chi connectivity index (χ1n) is 6.88. The fourth-order valence-electron chi connectivity index (χ4n) is 2.29. The maximum Gasteiger partial charge on any atom is 0.308 e. The van der Waals surface area contributed by atoms with Gasteiger partial charge in [0.15, 0.2) is 17.3 Å². The standard InChI is InChI=1S/C15H16N2O6/c1-9(19)23-14-6-12(16-8-18)11(5-13(14)22-2)15(21)17-4-3-10(20)7-17/h5-6,8H,3-4,7H2,1-2H3,(H,16,18). The molecular formula is C15H16N2O6. The van der Waals surface area contributed by atoms with Crippen molar-refractivity contribution in [2.75, 3.05) is 25.5 Å². The second-order valence-corrected chi connectivity index (χ2v) is 4.92. The van der Waals surface area contributed by atoms with Crippen LogP contribution in [0.15, 0.2) is 12.1 Å². The molecule has 1 aromatic carbocycles. The minimum Gasteiger partial charge on any atom is -0.493 e. The summed E-state index contributed by atoms with van der Waals surface area (Å²) in [6.45, 7) is 1.58. The lowest BCUT2D eigenvalue weighted by Crippen LogP contribution is -2.29. The molecule has 0 radical (unpaired) electrons. The summed E-state index contributed by atoms with van der Waals surface area (Å²) in [5.41, 5.74) is 0.320. The maximum atomic E-state index is 12.5. The van der Waals surface area contributed by atoms with Crippen LogP contribution in [0.25, 0.3) is 0 Å². The van der Waals surface area contributed by atoms with Gasteiger partial charge in [-0.05, 0) is 6.07 Å². The number of rotatable bonds is 5. The van der Waals surface area contributed by atoms with Gasteiger partial charge in [0, 0.05) is 26.0 Å². The van der Waals surface area contributed by atoms with E-state index in [-0.39, 0.29) is 35.1 Å². The number of ether oxygens (including phenoxy) is 2. The van der Waals surface area contributed by atoms with E-state index in [1.54, 1.807) is 0 Å². The first kappa shape index (κ1) is 16.5. The number of Topliss-reactive ketones (excluding diaryl/α,β-unsaturated/α-hetero) is 1. The summed E-state index contributed by atoms with van der Waals surface area (Å²) in [6, 6.07) is 2.70. The fourth-order valence-corrected chi connectivity index (χ4v) is 2.29. The molecule has 1 aliphatic heterocycles. The number of nitrogens with zero attached hydrogens (tertiary/aromatic N) is 1. The summed E-state index contributed by atoms with van der Waals surface area (Å²) in [7, 11) is 1.36. The van der Waals surface area contributed by atoms with Crippen molar-refractivity contribution in [1.82, 2.24) is 4.90 Å². The van der Waals surface area contributed by atoms with Crippen molar-refractivity contribution in [3.63, 3.8) is 0 Å². The number of amides is 2. The average Bonchev–Trinajstić information content (AvgIpc) is 2.93. The number of nitrogens with one attached hydrogen (secondary N) is 1. The van der Waals surface area contributed by atoms with Gasteiger partial charge in [0.25, 0.3) is 5.91 Å². The van der Waals surface area contributed by atoms with E-state index in [0.717, 1.165) is 0 Å². The summed E-state index contributed by atoms with van der Waals surface area (Å²) in [5.74, 6) is -0.742. The number of carbonyl (C=O) groups is 4. The first-order valence-corrected chi connectivity index (χ1v) is 6.88. The lowest BCUT2D eigenvalue weighted by Gasteiger charge is -2.18. The molecular weight excluding hydrogens is 304 g/mol. The average molecular weight is 320 g/mol. The number of hydrogen-bond acceptors (Lipinski definition) is 6. The molecule has 0 aliphatic carbocycles. The summed E-state index contributed by atoms with van der Waals surface area (Å²) < 4.78 is 10.1. The van der Waals surface area contributed by atoms with Gasteiger partial charge in [-0.25, -0.2) is 0 Å². The zero-order chi connectivity index (χ0) is 17.0. The Hall–Kier alpha value is -2.90. The Labute approximate surface area is 132 Å². The molecule has 8 heteroatoms. The van der Waals surface area contributed by atoms with Gasteiger partial charge in [-0.3, -0.25) is 19.2 Å². The van der Waals surface area contributed by atoms with Crippen LogP contribution >= 0.6 is 0 Å². The molecule has 0 unspecified atom stereocenters. The van der Waals surface area contributed by atoms with Crippen LogP contribution in [0.4, 0.5) is 5.69 Å². The summed E-state index contributed by atoms with van der Waals surface area (Å²) >= 11 is 0. The summed E-state index contributed by atoms with van der Waals surface area (Å²) in [6.07, 6.45) is 0.718. The highest BCUT2D eigenvalue weighted by molar-refractivity contribution is 6.04. The van der Waals surface area contributed by atoms with Crippen LogP contribution in [0.1, 0.15) is 23.7 Å². The number of esters is 1. The topological polar surface area (TPSA) is 102 Å². The third kappa shape index (κ3) is 3.65. The van der Waals surface area contributed by atoms with Gasteiger partial charge in [0.1, 0.15) is 0 Å². The molecule has 0 atom stereocenters. The molecule has 0 saturated carbocycles. The van der Waals surface area contributed by atoms with E-state index >= 15 is 0 Å². The van der Waals surface area contributed by atoms with E-state index in [0.29, 0.717) is 19.4 Å². The molecule has 1 aromatic rings. The predicted molar refractivity (Wildman–Crippen MR) is 79.5 cm³/mol. The number of carbonyl (C=O) groups excluding carboxylic acids is 4. The highest BCUT2D eigenvalue weighted by Gasteiger charge is 2.28. The molecule has 0 spiro atoms. The highest BCUT2D eigenvalue weighted by atomic mass is 16.6. The number of anilines is 1. The van der Waals surface area contributed by atoms with Gasteiger partial charge in [-0.15, -0.1) is 0 Å². The van der Waals surface area contributed by atoms with Crippen LogP contribution in [-0.4, -0.2) is 49.2 Å². The van der Waals surface area contributed by atoms with Crippen molar-refractivity contribution in [3.05, 3.63) is 17.7 Å². The van der Waals surface area contributed by atoms with Crippen LogP contribution in [0.3, 0.4) is 0 Å². The van der Waals surface area contributed by atoms with Crippen LogP contribution < -0.4 is 14.8 Å². The third-order valence-corrected chi connectivity index (χ3v) is 3.32. The van der Waals surface area contributed by atoms with Gasteiger partial charge in [0.2, 0.25) is 6.41 Å². The molecule has 8 nitrogen and oxygen atoms in total. The van der Waals surface area contributed by atoms with Crippen molar-refractivity contribution in [2.24, 2.45) is 0 Å². The Bertz CT molecular complexity index is 670. The van der Waals surface area contributed by atoms with E-state index in [1.807, 2.05) is 0 Å². The van der Waals surface area contributed by atoms with Crippen molar-refractivity contribution in [2.45, 2.75) is 13.3 Å². The SMILES string of the molecule is COc1cc(C(=O)N2CCC(=O)C2)c(NC=O)cc1OC(C)=O. The second kappa shape index (κ2) is 6.91. The van der Waals surface area contributed by atoms with Crippen molar-refractivity contribution in [3.8, 4) is 11.5 Å². The Morgan fingerprint density at radius 3 is 2.57 bits per heavy atom. The van der Waals surface area contributed by atoms with E-state index in [9.17, 15) is 19.2 Å². The molecule has 1 fully saturated rings. The molecule has 0 bridgehead atoms. The van der Waals surface area contributed by atoms with Crippen molar-refractivity contribution in [1.29, 1.82) is 0 Å². The summed E-state index contributed by atoms with van der Waals surface area (Å²) in [5, 5.41) is 2.40. The first-order chi connectivity index (χ1) is 11.0. The number of ketones is 1. The Balaban J connectivity index is 2.44. The Kier molecular flexibility index (Phi) is 4.95. The Morgan fingerprint density at radius 1 is 1.30 bits per heavy atom. The lowest BCUT2D eigenvalue weighted by molar-refractivity contribution is -0.132. The molecule has 23 heavy (non-hydrogen) atoms. The molecule has 2 rings (SSSR count). The second-order valence-electron chi connectivity index (χ2n) is 4.92. The molecule has 1 saturated heterocycles. The van der Waals surface area contributed by atoms with E-state index in [4.69, 9.17) is 9.47 Å². The van der Waals surface area contributed by atoms with E-state index in [1.165, 1.54) is 31.1 Å². The van der Waals surface area contributed by atoms with Crippen molar-refractivity contribution < 1.29 is 28.7 Å². The van der Waals surface area contributed by atoms with Crippen LogP contribution in [0.2, 0.25) is 0 Å². The van der Waals surface area contributed by atoms with Gasteiger partial charge in [0.05, 0.1) is 24.9 Å². The molecule has 2 amide bonds. The highest BCUT2D eigenvalue weighted by Crippen LogP contribution is 2.34. The van der Waals surface area contributed by atoms with Crippen molar-refractivity contribution >= 4 is 29.8 Å².